The average molecular weight is 247 g/mol. The number of esters is 1. The molecule has 0 atom stereocenters. The molecule has 0 fully saturated rings. The summed E-state index contributed by atoms with van der Waals surface area (Å²) in [7, 11) is 0. The van der Waals surface area contributed by atoms with E-state index in [9.17, 15) is 14.9 Å². The Hall–Kier alpha value is -2.35. The maximum absolute atomic E-state index is 11.1. The minimum Gasteiger partial charge on any atom is -0.456 e. The first kappa shape index (κ1) is 13.7. The van der Waals surface area contributed by atoms with Crippen molar-refractivity contribution in [1.29, 1.82) is 0 Å². The summed E-state index contributed by atoms with van der Waals surface area (Å²) in [4.78, 5) is 21.5. The van der Waals surface area contributed by atoms with Crippen molar-refractivity contribution in [2.75, 3.05) is 6.61 Å². The monoisotopic (exact) mass is 247 g/mol. The van der Waals surface area contributed by atoms with Gasteiger partial charge in [-0.2, -0.15) is 0 Å². The van der Waals surface area contributed by atoms with Crippen LogP contribution in [0.15, 0.2) is 12.1 Å². The minimum atomic E-state index is -0.688. The number of aryl methyl sites for hydroxylation is 2. The number of nitro groups is 1. The van der Waals surface area contributed by atoms with Crippen molar-refractivity contribution < 1.29 is 14.5 Å². The van der Waals surface area contributed by atoms with E-state index < -0.39 is 10.9 Å². The van der Waals surface area contributed by atoms with Crippen LogP contribution in [0.5, 0.6) is 0 Å². The van der Waals surface area contributed by atoms with E-state index in [4.69, 9.17) is 0 Å². The average Bonchev–Trinajstić information content (AvgIpc) is 2.27. The van der Waals surface area contributed by atoms with Gasteiger partial charge >= 0.3 is 5.97 Å². The molecule has 0 bridgehead atoms. The van der Waals surface area contributed by atoms with Crippen molar-refractivity contribution >= 4 is 11.7 Å². The Morgan fingerprint density at radius 1 is 1.44 bits per heavy atom. The summed E-state index contributed by atoms with van der Waals surface area (Å²) in [5.74, 6) is 4.06. The first-order chi connectivity index (χ1) is 8.45. The Labute approximate surface area is 105 Å². The van der Waals surface area contributed by atoms with Crippen LogP contribution in [0.1, 0.15) is 23.6 Å². The molecule has 0 saturated heterocycles. The molecule has 94 valence electrons. The molecule has 1 aromatic rings. The van der Waals surface area contributed by atoms with Gasteiger partial charge < -0.3 is 4.74 Å². The molecule has 0 unspecified atom stereocenters. The highest BCUT2D eigenvalue weighted by molar-refractivity contribution is 5.89. The molecule has 0 amide bonds. The highest BCUT2D eigenvalue weighted by Crippen LogP contribution is 2.23. The first-order valence-corrected chi connectivity index (χ1v) is 5.40. The summed E-state index contributed by atoms with van der Waals surface area (Å²) in [6.07, 6.45) is 0. The Morgan fingerprint density at radius 3 is 2.67 bits per heavy atom. The molecular formula is C13H13NO4. The molecule has 0 radical (unpaired) electrons. The lowest BCUT2D eigenvalue weighted by molar-refractivity contribution is -0.385. The maximum atomic E-state index is 11.1. The van der Waals surface area contributed by atoms with Crippen molar-refractivity contribution in [2.45, 2.75) is 20.8 Å². The van der Waals surface area contributed by atoms with Gasteiger partial charge in [0.1, 0.15) is 5.56 Å². The molecular weight excluding hydrogens is 234 g/mol. The Bertz CT molecular complexity index is 552. The zero-order chi connectivity index (χ0) is 13.7. The molecule has 0 aliphatic carbocycles. The van der Waals surface area contributed by atoms with Crippen molar-refractivity contribution in [3.8, 4) is 11.8 Å². The zero-order valence-corrected chi connectivity index (χ0v) is 10.4. The Kier molecular flexibility index (Phi) is 4.44. The third kappa shape index (κ3) is 3.32. The van der Waals surface area contributed by atoms with Gasteiger partial charge in [0.2, 0.25) is 0 Å². The second kappa shape index (κ2) is 5.82. The van der Waals surface area contributed by atoms with Gasteiger partial charge in [-0.3, -0.25) is 10.1 Å². The van der Waals surface area contributed by atoms with Crippen LogP contribution < -0.4 is 0 Å². The molecule has 18 heavy (non-hydrogen) atoms. The smallest absolute Gasteiger partial charge is 0.384 e. The number of ether oxygens (including phenoxy) is 1. The summed E-state index contributed by atoms with van der Waals surface area (Å²) in [6.45, 7) is 5.37. The van der Waals surface area contributed by atoms with Crippen LogP contribution in [-0.4, -0.2) is 17.5 Å². The number of nitrogens with zero attached hydrogens (tertiary/aromatic N) is 1. The number of benzene rings is 1. The lowest BCUT2D eigenvalue weighted by Gasteiger charge is -2.02. The molecule has 0 aliphatic heterocycles. The van der Waals surface area contributed by atoms with Gasteiger partial charge in [-0.15, -0.1) is 0 Å². The van der Waals surface area contributed by atoms with Gasteiger partial charge in [0.05, 0.1) is 11.5 Å². The summed E-state index contributed by atoms with van der Waals surface area (Å²) in [5.41, 5.74) is 1.60. The quantitative estimate of drug-likeness (QED) is 0.347. The summed E-state index contributed by atoms with van der Waals surface area (Å²) in [5, 5.41) is 10.9. The molecule has 0 saturated carbocycles. The van der Waals surface area contributed by atoms with E-state index in [0.29, 0.717) is 5.56 Å². The van der Waals surface area contributed by atoms with Gasteiger partial charge in [0.15, 0.2) is 0 Å². The van der Waals surface area contributed by atoms with Gasteiger partial charge in [0.25, 0.3) is 5.69 Å². The normalized spacial score (nSPS) is 9.28. The molecule has 5 nitrogen and oxygen atoms in total. The highest BCUT2D eigenvalue weighted by Gasteiger charge is 2.15. The van der Waals surface area contributed by atoms with Gasteiger partial charge in [0, 0.05) is 12.0 Å². The van der Waals surface area contributed by atoms with E-state index in [2.05, 4.69) is 16.6 Å². The number of nitro benzene ring substituents is 1. The van der Waals surface area contributed by atoms with Crippen LogP contribution in [0.25, 0.3) is 0 Å². The zero-order valence-electron chi connectivity index (χ0n) is 10.4. The van der Waals surface area contributed by atoms with Crippen LogP contribution in [0.4, 0.5) is 5.69 Å². The molecule has 0 heterocycles. The van der Waals surface area contributed by atoms with E-state index in [1.807, 2.05) is 0 Å². The van der Waals surface area contributed by atoms with Gasteiger partial charge in [-0.1, -0.05) is 6.07 Å². The molecule has 1 aromatic carbocycles. The molecule has 1 rings (SSSR count). The lowest BCUT2D eigenvalue weighted by Crippen LogP contribution is -2.01. The number of carbonyl (C=O) groups excluding carboxylic acids is 1. The third-order valence-electron chi connectivity index (χ3n) is 2.22. The SMILES string of the molecule is CCOC(=O)C#Cc1c(C)cc(C)cc1[N+](=O)[O-]. The molecule has 0 aliphatic rings. The second-order valence-electron chi connectivity index (χ2n) is 3.70. The first-order valence-electron chi connectivity index (χ1n) is 5.40. The third-order valence-corrected chi connectivity index (χ3v) is 2.22. The van der Waals surface area contributed by atoms with Crippen LogP contribution in [-0.2, 0) is 9.53 Å². The molecule has 0 spiro atoms. The van der Waals surface area contributed by atoms with Crippen LogP contribution >= 0.6 is 0 Å². The summed E-state index contributed by atoms with van der Waals surface area (Å²) in [6, 6.07) is 3.21. The lowest BCUT2D eigenvalue weighted by atomic mass is 10.0. The van der Waals surface area contributed by atoms with Gasteiger partial charge in [-0.25, -0.2) is 4.79 Å². The van der Waals surface area contributed by atoms with E-state index >= 15 is 0 Å². The fourth-order valence-corrected chi connectivity index (χ4v) is 1.53. The Balaban J connectivity index is 3.23. The number of rotatable bonds is 2. The maximum Gasteiger partial charge on any atom is 0.384 e. The Morgan fingerprint density at radius 2 is 2.11 bits per heavy atom. The minimum absolute atomic E-state index is 0.0932. The fraction of sp³-hybridized carbons (Fsp3) is 0.308. The van der Waals surface area contributed by atoms with E-state index in [0.717, 1.165) is 5.56 Å². The molecule has 0 N–H and O–H groups in total. The topological polar surface area (TPSA) is 69.4 Å². The largest absolute Gasteiger partial charge is 0.456 e. The highest BCUT2D eigenvalue weighted by atomic mass is 16.6. The molecule has 5 heteroatoms. The number of hydrogen-bond acceptors (Lipinski definition) is 4. The van der Waals surface area contributed by atoms with E-state index in [1.165, 1.54) is 6.07 Å². The predicted octanol–water partition coefficient (Wildman–Crippen LogP) is 2.13. The fourth-order valence-electron chi connectivity index (χ4n) is 1.53. The van der Waals surface area contributed by atoms with Crippen molar-refractivity contribution in [3.63, 3.8) is 0 Å². The number of carbonyl (C=O) groups is 1. The number of hydrogen-bond donors (Lipinski definition) is 0. The van der Waals surface area contributed by atoms with Crippen molar-refractivity contribution in [2.24, 2.45) is 0 Å². The second-order valence-corrected chi connectivity index (χ2v) is 3.70. The van der Waals surface area contributed by atoms with E-state index in [-0.39, 0.29) is 17.9 Å². The predicted molar refractivity (Wildman–Crippen MR) is 66.1 cm³/mol. The van der Waals surface area contributed by atoms with Crippen molar-refractivity contribution in [1.82, 2.24) is 0 Å². The summed E-state index contributed by atoms with van der Waals surface area (Å²) >= 11 is 0. The van der Waals surface area contributed by atoms with Crippen LogP contribution in [0.3, 0.4) is 0 Å². The van der Waals surface area contributed by atoms with Gasteiger partial charge in [-0.05, 0) is 37.8 Å². The summed E-state index contributed by atoms with van der Waals surface area (Å²) < 4.78 is 4.65. The molecule has 0 aromatic heterocycles. The standard InChI is InChI=1S/C13H13NO4/c1-4-18-13(15)6-5-11-10(3)7-9(2)8-12(11)14(16)17/h7-8H,4H2,1-3H3. The van der Waals surface area contributed by atoms with E-state index in [1.54, 1.807) is 26.8 Å². The van der Waals surface area contributed by atoms with Crippen molar-refractivity contribution in [3.05, 3.63) is 38.9 Å². The van der Waals surface area contributed by atoms with Crippen LogP contribution in [0, 0.1) is 35.8 Å². The van der Waals surface area contributed by atoms with Crippen LogP contribution in [0.2, 0.25) is 0 Å².